The lowest BCUT2D eigenvalue weighted by Crippen LogP contribution is -2.49. The molecule has 0 aromatic rings. The average molecular weight is 217 g/mol. The molecule has 0 bridgehead atoms. The minimum absolute atomic E-state index is 0.380. The van der Waals surface area contributed by atoms with Crippen LogP contribution in [0, 0.1) is 0 Å². The van der Waals surface area contributed by atoms with E-state index in [0.717, 1.165) is 13.0 Å². The summed E-state index contributed by atoms with van der Waals surface area (Å²) >= 11 is 0. The van der Waals surface area contributed by atoms with Crippen LogP contribution in [-0.2, 0) is 9.53 Å². The maximum atomic E-state index is 10.9. The van der Waals surface area contributed by atoms with Gasteiger partial charge < -0.3 is 16.2 Å². The summed E-state index contributed by atoms with van der Waals surface area (Å²) in [6.07, 6.45) is 1.01. The molecule has 2 unspecified atom stereocenters. The molecule has 0 saturated heterocycles. The molecule has 0 spiro atoms. The second-order valence-electron chi connectivity index (χ2n) is 3.75. The topological polar surface area (TPSA) is 81.6 Å². The minimum atomic E-state index is -0.601. The Balaban J connectivity index is 4.16. The quantitative estimate of drug-likeness (QED) is 0.577. The van der Waals surface area contributed by atoms with Crippen LogP contribution in [-0.4, -0.2) is 49.7 Å². The van der Waals surface area contributed by atoms with Gasteiger partial charge in [-0.1, -0.05) is 6.92 Å². The Hall–Kier alpha value is -0.650. The SMILES string of the molecule is CCC(C)N(CCOC)CC(N)C(N)=O. The fourth-order valence-corrected chi connectivity index (χ4v) is 1.30. The van der Waals surface area contributed by atoms with Gasteiger partial charge in [0.1, 0.15) is 0 Å². The average Bonchev–Trinajstić information content (AvgIpc) is 2.22. The molecule has 0 fully saturated rings. The van der Waals surface area contributed by atoms with Crippen LogP contribution in [0.2, 0.25) is 0 Å². The molecule has 5 heteroatoms. The van der Waals surface area contributed by atoms with E-state index in [-0.39, 0.29) is 0 Å². The van der Waals surface area contributed by atoms with Crippen molar-refractivity contribution in [2.45, 2.75) is 32.4 Å². The van der Waals surface area contributed by atoms with Crippen LogP contribution in [0.15, 0.2) is 0 Å². The van der Waals surface area contributed by atoms with Gasteiger partial charge in [-0.15, -0.1) is 0 Å². The molecule has 0 aromatic heterocycles. The Bertz CT molecular complexity index is 188. The fourth-order valence-electron chi connectivity index (χ4n) is 1.30. The van der Waals surface area contributed by atoms with Gasteiger partial charge in [0.05, 0.1) is 12.6 Å². The number of nitrogens with two attached hydrogens (primary N) is 2. The van der Waals surface area contributed by atoms with Gasteiger partial charge in [-0.05, 0) is 13.3 Å². The molecule has 15 heavy (non-hydrogen) atoms. The summed E-state index contributed by atoms with van der Waals surface area (Å²) in [5, 5.41) is 0. The number of ether oxygens (including phenoxy) is 1. The lowest BCUT2D eigenvalue weighted by atomic mass is 10.2. The highest BCUT2D eigenvalue weighted by Gasteiger charge is 2.18. The monoisotopic (exact) mass is 217 g/mol. The predicted octanol–water partition coefficient (Wildman–Crippen LogP) is -0.454. The lowest BCUT2D eigenvalue weighted by Gasteiger charge is -2.29. The summed E-state index contributed by atoms with van der Waals surface area (Å²) in [6.45, 7) is 6.10. The Morgan fingerprint density at radius 3 is 2.53 bits per heavy atom. The van der Waals surface area contributed by atoms with Crippen LogP contribution < -0.4 is 11.5 Å². The van der Waals surface area contributed by atoms with Crippen molar-refractivity contribution in [3.63, 3.8) is 0 Å². The molecular weight excluding hydrogens is 194 g/mol. The molecule has 5 nitrogen and oxygen atoms in total. The first-order chi connectivity index (χ1) is 7.02. The summed E-state index contributed by atoms with van der Waals surface area (Å²) in [6, 6.07) is -0.221. The molecule has 0 radical (unpaired) electrons. The van der Waals surface area contributed by atoms with E-state index in [1.165, 1.54) is 0 Å². The van der Waals surface area contributed by atoms with Gasteiger partial charge in [0.15, 0.2) is 0 Å². The highest BCUT2D eigenvalue weighted by molar-refractivity contribution is 5.79. The summed E-state index contributed by atoms with van der Waals surface area (Å²) < 4.78 is 5.01. The Morgan fingerprint density at radius 2 is 2.13 bits per heavy atom. The van der Waals surface area contributed by atoms with E-state index in [1.807, 2.05) is 0 Å². The summed E-state index contributed by atoms with van der Waals surface area (Å²) in [7, 11) is 1.66. The normalized spacial score (nSPS) is 15.3. The fraction of sp³-hybridized carbons (Fsp3) is 0.900. The van der Waals surface area contributed by atoms with Crippen LogP contribution in [0.25, 0.3) is 0 Å². The van der Waals surface area contributed by atoms with E-state index in [4.69, 9.17) is 16.2 Å². The summed E-state index contributed by atoms with van der Waals surface area (Å²) in [5.74, 6) is -0.458. The van der Waals surface area contributed by atoms with Crippen molar-refractivity contribution in [3.05, 3.63) is 0 Å². The number of rotatable bonds is 8. The molecule has 0 aliphatic rings. The van der Waals surface area contributed by atoms with E-state index >= 15 is 0 Å². The van der Waals surface area contributed by atoms with E-state index in [9.17, 15) is 4.79 Å². The highest BCUT2D eigenvalue weighted by Crippen LogP contribution is 2.03. The van der Waals surface area contributed by atoms with Gasteiger partial charge in [-0.25, -0.2) is 0 Å². The summed E-state index contributed by atoms with van der Waals surface area (Å²) in [5.41, 5.74) is 10.8. The number of carbonyl (C=O) groups is 1. The van der Waals surface area contributed by atoms with Crippen LogP contribution in [0.1, 0.15) is 20.3 Å². The number of amides is 1. The van der Waals surface area contributed by atoms with Gasteiger partial charge in [0.25, 0.3) is 0 Å². The zero-order valence-corrected chi connectivity index (χ0v) is 9.90. The number of primary amides is 1. The van der Waals surface area contributed by atoms with Crippen LogP contribution in [0.3, 0.4) is 0 Å². The predicted molar refractivity (Wildman–Crippen MR) is 60.4 cm³/mol. The molecule has 0 aliphatic heterocycles. The van der Waals surface area contributed by atoms with Crippen molar-refractivity contribution in [2.75, 3.05) is 26.8 Å². The molecule has 90 valence electrons. The number of methoxy groups -OCH3 is 1. The van der Waals surface area contributed by atoms with Gasteiger partial charge >= 0.3 is 0 Å². The van der Waals surface area contributed by atoms with Gasteiger partial charge in [-0.2, -0.15) is 0 Å². The van der Waals surface area contributed by atoms with Crippen LogP contribution in [0.4, 0.5) is 0 Å². The third-order valence-electron chi connectivity index (χ3n) is 2.59. The van der Waals surface area contributed by atoms with Crippen molar-refractivity contribution >= 4 is 5.91 Å². The van der Waals surface area contributed by atoms with Gasteiger partial charge in [-0.3, -0.25) is 9.69 Å². The molecular formula is C10H23N3O2. The van der Waals surface area contributed by atoms with Crippen LogP contribution in [0.5, 0.6) is 0 Å². The third kappa shape index (κ3) is 5.71. The van der Waals surface area contributed by atoms with Crippen molar-refractivity contribution in [1.82, 2.24) is 4.90 Å². The standard InChI is InChI=1S/C10H23N3O2/c1-4-8(2)13(5-6-15-3)7-9(11)10(12)14/h8-9H,4-7,11H2,1-3H3,(H2,12,14). The smallest absolute Gasteiger partial charge is 0.235 e. The molecule has 0 saturated carbocycles. The van der Waals surface area contributed by atoms with Crippen molar-refractivity contribution in [3.8, 4) is 0 Å². The molecule has 0 aliphatic carbocycles. The Kier molecular flexibility index (Phi) is 7.29. The number of hydrogen-bond acceptors (Lipinski definition) is 4. The first-order valence-corrected chi connectivity index (χ1v) is 5.30. The second kappa shape index (κ2) is 7.62. The lowest BCUT2D eigenvalue weighted by molar-refractivity contribution is -0.119. The number of hydrogen-bond donors (Lipinski definition) is 2. The largest absolute Gasteiger partial charge is 0.383 e. The van der Waals surface area contributed by atoms with Gasteiger partial charge in [0.2, 0.25) is 5.91 Å². The maximum Gasteiger partial charge on any atom is 0.235 e. The van der Waals surface area contributed by atoms with Gasteiger partial charge in [0, 0.05) is 26.2 Å². The van der Waals surface area contributed by atoms with Crippen molar-refractivity contribution in [1.29, 1.82) is 0 Å². The zero-order chi connectivity index (χ0) is 11.8. The van der Waals surface area contributed by atoms with E-state index < -0.39 is 11.9 Å². The molecule has 0 rings (SSSR count). The molecule has 0 aromatic carbocycles. The molecule has 4 N–H and O–H groups in total. The first-order valence-electron chi connectivity index (χ1n) is 5.30. The maximum absolute atomic E-state index is 10.9. The van der Waals surface area contributed by atoms with E-state index in [2.05, 4.69) is 18.7 Å². The molecule has 2 atom stereocenters. The van der Waals surface area contributed by atoms with Crippen molar-refractivity contribution < 1.29 is 9.53 Å². The van der Waals surface area contributed by atoms with E-state index in [0.29, 0.717) is 19.2 Å². The third-order valence-corrected chi connectivity index (χ3v) is 2.59. The van der Waals surface area contributed by atoms with E-state index in [1.54, 1.807) is 7.11 Å². The zero-order valence-electron chi connectivity index (χ0n) is 9.90. The van der Waals surface area contributed by atoms with Crippen molar-refractivity contribution in [2.24, 2.45) is 11.5 Å². The minimum Gasteiger partial charge on any atom is -0.383 e. The number of nitrogens with zero attached hydrogens (tertiary/aromatic N) is 1. The second-order valence-corrected chi connectivity index (χ2v) is 3.75. The highest BCUT2D eigenvalue weighted by atomic mass is 16.5. The van der Waals surface area contributed by atoms with Crippen LogP contribution >= 0.6 is 0 Å². The Morgan fingerprint density at radius 1 is 1.53 bits per heavy atom. The first kappa shape index (κ1) is 14.3. The Labute approximate surface area is 91.7 Å². The molecule has 0 heterocycles. The summed E-state index contributed by atoms with van der Waals surface area (Å²) in [4.78, 5) is 13.0. The number of carbonyl (C=O) groups excluding carboxylic acids is 1. The molecule has 1 amide bonds.